The second-order valence-corrected chi connectivity index (χ2v) is 9.93. The van der Waals surface area contributed by atoms with Gasteiger partial charge in [-0.1, -0.05) is 23.4 Å². The smallest absolute Gasteiger partial charge is 0.317 e. The third kappa shape index (κ3) is 5.05. The van der Waals surface area contributed by atoms with Crippen LogP contribution in [0.1, 0.15) is 55.8 Å². The van der Waals surface area contributed by atoms with E-state index in [9.17, 15) is 20.0 Å². The molecule has 2 amide bonds. The Balaban J connectivity index is 1.32. The summed E-state index contributed by atoms with van der Waals surface area (Å²) in [4.78, 5) is 30.4. The van der Waals surface area contributed by atoms with Crippen molar-refractivity contribution < 1.29 is 24.0 Å². The molecule has 196 valence electrons. The first kappa shape index (κ1) is 25.3. The van der Waals surface area contributed by atoms with Gasteiger partial charge in [0.15, 0.2) is 0 Å². The molecule has 10 heteroatoms. The molecule has 1 aliphatic heterocycles. The number of piperidine rings is 1. The number of hydrogen-bond donors (Lipinski definition) is 2. The zero-order chi connectivity index (χ0) is 26.8. The average molecular weight is 516 g/mol. The van der Waals surface area contributed by atoms with Crippen LogP contribution >= 0.6 is 0 Å². The van der Waals surface area contributed by atoms with Crippen molar-refractivity contribution in [2.75, 3.05) is 13.1 Å². The number of carbonyl (C=O) groups excluding carboxylic acids is 1. The number of rotatable bonds is 6. The van der Waals surface area contributed by atoms with Gasteiger partial charge in [-0.05, 0) is 68.9 Å². The van der Waals surface area contributed by atoms with E-state index in [-0.39, 0.29) is 24.1 Å². The number of nitrogens with one attached hydrogen (secondary N) is 1. The third-order valence-corrected chi connectivity index (χ3v) is 7.08. The van der Waals surface area contributed by atoms with E-state index >= 15 is 0 Å². The number of carboxylic acids is 1. The first-order chi connectivity index (χ1) is 18.3. The summed E-state index contributed by atoms with van der Waals surface area (Å²) < 4.78 is 11.2. The number of benzene rings is 2. The van der Waals surface area contributed by atoms with Crippen molar-refractivity contribution in [3.63, 3.8) is 0 Å². The molecule has 5 rings (SSSR count). The Morgan fingerprint density at radius 2 is 2.00 bits per heavy atom. The van der Waals surface area contributed by atoms with Crippen molar-refractivity contribution in [1.29, 1.82) is 5.26 Å². The van der Waals surface area contributed by atoms with Crippen molar-refractivity contribution in [3.8, 4) is 34.7 Å². The van der Waals surface area contributed by atoms with E-state index in [1.54, 1.807) is 23.1 Å². The lowest BCUT2D eigenvalue weighted by Crippen LogP contribution is -2.46. The summed E-state index contributed by atoms with van der Waals surface area (Å²) in [6, 6.07) is 12.9. The normalized spacial score (nSPS) is 17.2. The van der Waals surface area contributed by atoms with E-state index < -0.39 is 5.97 Å². The third-order valence-electron chi connectivity index (χ3n) is 7.08. The van der Waals surface area contributed by atoms with Gasteiger partial charge in [-0.3, -0.25) is 4.79 Å². The molecular weight excluding hydrogens is 486 g/mol. The zero-order valence-electron chi connectivity index (χ0n) is 21.3. The number of amides is 2. The van der Waals surface area contributed by atoms with Crippen molar-refractivity contribution in [2.24, 2.45) is 5.92 Å². The number of urea groups is 1. The monoisotopic (exact) mass is 515 g/mol. The highest BCUT2D eigenvalue weighted by Gasteiger charge is 2.31. The molecule has 10 nitrogen and oxygen atoms in total. The van der Waals surface area contributed by atoms with Crippen LogP contribution in [0.5, 0.6) is 5.75 Å². The lowest BCUT2D eigenvalue weighted by molar-refractivity contribution is -0.143. The Morgan fingerprint density at radius 3 is 2.71 bits per heavy atom. The number of fused-ring (bicyclic) bond motifs is 1. The van der Waals surface area contributed by atoms with E-state index in [1.807, 2.05) is 32.0 Å². The van der Waals surface area contributed by atoms with Crippen molar-refractivity contribution >= 4 is 12.0 Å². The summed E-state index contributed by atoms with van der Waals surface area (Å²) in [5.41, 5.74) is 3.94. The molecule has 3 aromatic rings. The Hall–Kier alpha value is -4.39. The quantitative estimate of drug-likeness (QED) is 0.487. The number of carboxylic acid groups (broad SMARTS) is 1. The lowest BCUT2D eigenvalue weighted by Gasteiger charge is -2.31. The number of nitrogens with zero attached hydrogens (tertiary/aromatic N) is 4. The van der Waals surface area contributed by atoms with Gasteiger partial charge < -0.3 is 24.6 Å². The van der Waals surface area contributed by atoms with Gasteiger partial charge in [-0.15, -0.1) is 0 Å². The predicted octanol–water partition coefficient (Wildman–Crippen LogP) is 4.56. The maximum atomic E-state index is 12.9. The highest BCUT2D eigenvalue weighted by molar-refractivity contribution is 5.76. The van der Waals surface area contributed by atoms with E-state index in [0.717, 1.165) is 29.5 Å². The lowest BCUT2D eigenvalue weighted by atomic mass is 9.97. The molecule has 2 aliphatic rings. The van der Waals surface area contributed by atoms with Crippen molar-refractivity contribution in [1.82, 2.24) is 20.4 Å². The van der Waals surface area contributed by atoms with E-state index in [1.165, 1.54) is 0 Å². The number of hydrogen-bond acceptors (Lipinski definition) is 7. The Labute approximate surface area is 220 Å². The topological polar surface area (TPSA) is 142 Å². The van der Waals surface area contributed by atoms with Gasteiger partial charge in [-0.25, -0.2) is 4.79 Å². The minimum Gasteiger partial charge on any atom is -0.490 e. The molecule has 0 bridgehead atoms. The van der Waals surface area contributed by atoms with E-state index in [2.05, 4.69) is 21.5 Å². The summed E-state index contributed by atoms with van der Waals surface area (Å²) in [5.74, 6) is 0.0747. The van der Waals surface area contributed by atoms with Crippen LogP contribution in [0.2, 0.25) is 0 Å². The molecule has 2 heterocycles. The highest BCUT2D eigenvalue weighted by Crippen LogP contribution is 2.38. The number of aliphatic carboxylic acids is 1. The number of carbonyl (C=O) groups is 2. The number of nitriles is 1. The SMILES string of the molecule is CC(C)Oc1ccc(-c2nc(-c3cccc4c3CC[C@@H]4NC(=O)N3CCC(C(=O)O)CC3)no2)cc1C#N. The Kier molecular flexibility index (Phi) is 7.01. The molecular formula is C28H29N5O5. The van der Waals surface area contributed by atoms with Crippen molar-refractivity contribution in [3.05, 3.63) is 53.1 Å². The van der Waals surface area contributed by atoms with Crippen molar-refractivity contribution in [2.45, 2.75) is 51.7 Å². The molecule has 1 fully saturated rings. The van der Waals surface area contributed by atoms with Crippen LogP contribution in [0.15, 0.2) is 40.9 Å². The second kappa shape index (κ2) is 10.5. The summed E-state index contributed by atoms with van der Waals surface area (Å²) in [5, 5.41) is 26.1. The standard InChI is InChI=1S/C28H29N5O5/c1-16(2)37-24-9-6-18(14-19(24)15-29)26-31-25(32-38-26)22-5-3-4-21-20(22)7-8-23(21)30-28(36)33-12-10-17(11-13-33)27(34)35/h3-6,9,14,16-17,23H,7-8,10-13H2,1-2H3,(H,30,36)(H,34,35)/t23-/m0/s1. The molecule has 2 aromatic carbocycles. The molecule has 0 unspecified atom stereocenters. The summed E-state index contributed by atoms with van der Waals surface area (Å²) in [6.45, 7) is 4.67. The zero-order valence-corrected chi connectivity index (χ0v) is 21.3. The number of likely N-dealkylation sites (tertiary alicyclic amines) is 1. The molecule has 1 atom stereocenters. The fourth-order valence-electron chi connectivity index (χ4n) is 5.14. The van der Waals surface area contributed by atoms with E-state index in [4.69, 9.17) is 9.26 Å². The van der Waals surface area contributed by atoms with Crippen LogP contribution in [-0.4, -0.2) is 51.3 Å². The van der Waals surface area contributed by atoms with Gasteiger partial charge in [-0.2, -0.15) is 10.2 Å². The van der Waals surface area contributed by atoms with Gasteiger partial charge in [0.25, 0.3) is 5.89 Å². The van der Waals surface area contributed by atoms with Crippen LogP contribution in [0.4, 0.5) is 4.79 Å². The molecule has 0 radical (unpaired) electrons. The van der Waals surface area contributed by atoms with Crippen LogP contribution < -0.4 is 10.1 Å². The largest absolute Gasteiger partial charge is 0.490 e. The molecule has 1 aliphatic carbocycles. The van der Waals surface area contributed by atoms with E-state index in [0.29, 0.717) is 54.5 Å². The molecule has 38 heavy (non-hydrogen) atoms. The maximum Gasteiger partial charge on any atom is 0.317 e. The molecule has 2 N–H and O–H groups in total. The van der Waals surface area contributed by atoms with Gasteiger partial charge in [0, 0.05) is 24.2 Å². The highest BCUT2D eigenvalue weighted by atomic mass is 16.5. The average Bonchev–Trinajstić information content (AvgIpc) is 3.56. The number of aromatic nitrogens is 2. The molecule has 1 aromatic heterocycles. The Bertz CT molecular complexity index is 1400. The molecule has 0 saturated carbocycles. The second-order valence-electron chi connectivity index (χ2n) is 9.93. The summed E-state index contributed by atoms with van der Waals surface area (Å²) in [7, 11) is 0. The minimum absolute atomic E-state index is 0.0547. The van der Waals surface area contributed by atoms with Gasteiger partial charge in [0.2, 0.25) is 5.82 Å². The first-order valence-corrected chi connectivity index (χ1v) is 12.8. The number of ether oxygens (including phenoxy) is 1. The maximum absolute atomic E-state index is 12.9. The first-order valence-electron chi connectivity index (χ1n) is 12.8. The van der Waals surface area contributed by atoms with Gasteiger partial charge in [0.1, 0.15) is 11.8 Å². The van der Waals surface area contributed by atoms with Crippen LogP contribution in [-0.2, 0) is 11.2 Å². The van der Waals surface area contributed by atoms with Crippen LogP contribution in [0, 0.1) is 17.2 Å². The molecule has 1 saturated heterocycles. The van der Waals surface area contributed by atoms with Gasteiger partial charge in [0.05, 0.1) is 23.6 Å². The van der Waals surface area contributed by atoms with Crippen LogP contribution in [0.3, 0.4) is 0 Å². The predicted molar refractivity (Wildman–Crippen MR) is 137 cm³/mol. The summed E-state index contributed by atoms with van der Waals surface area (Å²) in [6.07, 6.45) is 2.38. The Morgan fingerprint density at radius 1 is 1.21 bits per heavy atom. The minimum atomic E-state index is -0.797. The molecule has 0 spiro atoms. The van der Waals surface area contributed by atoms with Crippen LogP contribution in [0.25, 0.3) is 22.8 Å². The summed E-state index contributed by atoms with van der Waals surface area (Å²) >= 11 is 0. The fraction of sp³-hybridized carbons (Fsp3) is 0.393. The van der Waals surface area contributed by atoms with Gasteiger partial charge >= 0.3 is 12.0 Å². The fourth-order valence-corrected chi connectivity index (χ4v) is 5.14.